The maximum Gasteiger partial charge on any atom is 0.186 e. The predicted molar refractivity (Wildman–Crippen MR) is 76.6 cm³/mol. The molecular weight excluding hydrogens is 286 g/mol. The van der Waals surface area contributed by atoms with Crippen molar-refractivity contribution in [1.29, 1.82) is 0 Å². The van der Waals surface area contributed by atoms with Crippen LogP contribution in [0.3, 0.4) is 0 Å². The molecule has 0 unspecified atom stereocenters. The standard InChI is InChI=1S/C11H12BrN3S/c1-13-11(16)15-14-8-10(12)7-9-5-3-2-4-6-9/h2-8H,1H3,(H2,13,15,16)/b10-7+,14-8-. The van der Waals surface area contributed by atoms with Gasteiger partial charge in [-0.1, -0.05) is 30.3 Å². The molecule has 0 aromatic heterocycles. The van der Waals surface area contributed by atoms with Crippen molar-refractivity contribution in [3.63, 3.8) is 0 Å². The van der Waals surface area contributed by atoms with Gasteiger partial charge in [0.25, 0.3) is 0 Å². The van der Waals surface area contributed by atoms with Crippen LogP contribution in [0, 0.1) is 0 Å². The van der Waals surface area contributed by atoms with Crippen LogP contribution in [-0.2, 0) is 0 Å². The molecule has 0 atom stereocenters. The third-order valence-electron chi connectivity index (χ3n) is 1.69. The number of thiocarbonyl (C=S) groups is 1. The maximum atomic E-state index is 4.87. The Hall–Kier alpha value is -1.20. The summed E-state index contributed by atoms with van der Waals surface area (Å²) in [5.41, 5.74) is 3.78. The first-order chi connectivity index (χ1) is 7.72. The minimum absolute atomic E-state index is 0.483. The summed E-state index contributed by atoms with van der Waals surface area (Å²) in [6.07, 6.45) is 3.62. The summed E-state index contributed by atoms with van der Waals surface area (Å²) in [6, 6.07) is 9.98. The molecule has 0 aliphatic carbocycles. The average Bonchev–Trinajstić information content (AvgIpc) is 2.30. The lowest BCUT2D eigenvalue weighted by Crippen LogP contribution is -2.28. The van der Waals surface area contributed by atoms with Crippen molar-refractivity contribution in [2.45, 2.75) is 0 Å². The molecule has 1 rings (SSSR count). The molecular formula is C11H12BrN3S. The summed E-state index contributed by atoms with van der Waals surface area (Å²) in [5.74, 6) is 0. The minimum atomic E-state index is 0.483. The smallest absolute Gasteiger partial charge is 0.186 e. The molecule has 0 bridgehead atoms. The summed E-state index contributed by atoms with van der Waals surface area (Å²) in [4.78, 5) is 0. The van der Waals surface area contributed by atoms with E-state index in [2.05, 4.69) is 31.8 Å². The topological polar surface area (TPSA) is 36.4 Å². The zero-order chi connectivity index (χ0) is 11.8. The van der Waals surface area contributed by atoms with Gasteiger partial charge in [-0.05, 0) is 39.8 Å². The highest BCUT2D eigenvalue weighted by atomic mass is 79.9. The zero-order valence-electron chi connectivity index (χ0n) is 8.77. The van der Waals surface area contributed by atoms with Crippen LogP contribution in [0.2, 0.25) is 0 Å². The first-order valence-electron chi connectivity index (χ1n) is 4.65. The van der Waals surface area contributed by atoms with Gasteiger partial charge in [-0.3, -0.25) is 5.43 Å². The predicted octanol–water partition coefficient (Wildman–Crippen LogP) is 2.50. The van der Waals surface area contributed by atoms with Crippen LogP contribution in [0.4, 0.5) is 0 Å². The molecule has 0 fully saturated rings. The molecule has 0 aliphatic rings. The van der Waals surface area contributed by atoms with Gasteiger partial charge >= 0.3 is 0 Å². The Morgan fingerprint density at radius 3 is 2.69 bits per heavy atom. The molecule has 84 valence electrons. The second kappa shape index (κ2) is 7.14. The van der Waals surface area contributed by atoms with Crippen LogP contribution in [0.1, 0.15) is 5.56 Å². The van der Waals surface area contributed by atoms with Gasteiger partial charge in [-0.25, -0.2) is 0 Å². The maximum absolute atomic E-state index is 4.87. The Morgan fingerprint density at radius 1 is 1.38 bits per heavy atom. The number of hydrogen-bond donors (Lipinski definition) is 2. The van der Waals surface area contributed by atoms with E-state index >= 15 is 0 Å². The van der Waals surface area contributed by atoms with E-state index in [9.17, 15) is 0 Å². The Kier molecular flexibility index (Phi) is 5.74. The van der Waals surface area contributed by atoms with E-state index in [1.54, 1.807) is 13.3 Å². The number of nitrogens with zero attached hydrogens (tertiary/aromatic N) is 1. The van der Waals surface area contributed by atoms with Crippen molar-refractivity contribution in [3.05, 3.63) is 40.4 Å². The first-order valence-corrected chi connectivity index (χ1v) is 5.85. The Bertz CT molecular complexity index is 401. The second-order valence-electron chi connectivity index (χ2n) is 2.89. The van der Waals surface area contributed by atoms with Gasteiger partial charge in [0.1, 0.15) is 0 Å². The number of allylic oxidation sites excluding steroid dienone is 1. The SMILES string of the molecule is CNC(=S)N/N=C\C(Br)=C/c1ccccc1. The lowest BCUT2D eigenvalue weighted by atomic mass is 10.2. The highest BCUT2D eigenvalue weighted by Gasteiger charge is 1.89. The van der Waals surface area contributed by atoms with Crippen LogP contribution >= 0.6 is 28.1 Å². The van der Waals surface area contributed by atoms with Gasteiger partial charge in [-0.15, -0.1) is 0 Å². The Labute approximate surface area is 109 Å². The molecule has 1 aromatic carbocycles. The largest absolute Gasteiger partial charge is 0.364 e. The molecule has 0 heterocycles. The fourth-order valence-corrected chi connectivity index (χ4v) is 1.37. The van der Waals surface area contributed by atoms with Crippen molar-refractivity contribution < 1.29 is 0 Å². The fraction of sp³-hybridized carbons (Fsp3) is 0.0909. The molecule has 1 aromatic rings. The van der Waals surface area contributed by atoms with E-state index < -0.39 is 0 Å². The minimum Gasteiger partial charge on any atom is -0.364 e. The highest BCUT2D eigenvalue weighted by molar-refractivity contribution is 9.12. The van der Waals surface area contributed by atoms with E-state index in [1.807, 2.05) is 36.4 Å². The number of benzene rings is 1. The van der Waals surface area contributed by atoms with Gasteiger partial charge in [0.2, 0.25) is 0 Å². The lowest BCUT2D eigenvalue weighted by Gasteiger charge is -1.99. The van der Waals surface area contributed by atoms with Gasteiger partial charge in [0.15, 0.2) is 5.11 Å². The molecule has 0 amide bonds. The number of rotatable bonds is 3. The molecule has 0 saturated carbocycles. The molecule has 5 heteroatoms. The summed E-state index contributed by atoms with van der Waals surface area (Å²) in [5, 5.41) is 7.19. The van der Waals surface area contributed by atoms with E-state index in [0.717, 1.165) is 10.0 Å². The molecule has 0 aliphatic heterocycles. The van der Waals surface area contributed by atoms with Crippen LogP contribution in [-0.4, -0.2) is 18.4 Å². The highest BCUT2D eigenvalue weighted by Crippen LogP contribution is 2.09. The third kappa shape index (κ3) is 5.04. The van der Waals surface area contributed by atoms with Crippen molar-refractivity contribution in [2.24, 2.45) is 5.10 Å². The second-order valence-corrected chi connectivity index (χ2v) is 4.21. The van der Waals surface area contributed by atoms with Crippen LogP contribution in [0.5, 0.6) is 0 Å². The Morgan fingerprint density at radius 2 is 2.06 bits per heavy atom. The average molecular weight is 298 g/mol. The van der Waals surface area contributed by atoms with Crippen molar-refractivity contribution in [3.8, 4) is 0 Å². The number of hydrogen-bond acceptors (Lipinski definition) is 2. The summed E-state index contributed by atoms with van der Waals surface area (Å²) in [7, 11) is 1.74. The van der Waals surface area contributed by atoms with Gasteiger partial charge < -0.3 is 5.32 Å². The molecule has 3 nitrogen and oxygen atoms in total. The van der Waals surface area contributed by atoms with Gasteiger partial charge in [-0.2, -0.15) is 5.10 Å². The molecule has 16 heavy (non-hydrogen) atoms. The van der Waals surface area contributed by atoms with E-state index in [4.69, 9.17) is 12.2 Å². The van der Waals surface area contributed by atoms with E-state index in [-0.39, 0.29) is 0 Å². The summed E-state index contributed by atoms with van der Waals surface area (Å²) < 4.78 is 0.866. The molecule has 2 N–H and O–H groups in total. The van der Waals surface area contributed by atoms with E-state index in [1.165, 1.54) is 0 Å². The zero-order valence-corrected chi connectivity index (χ0v) is 11.2. The van der Waals surface area contributed by atoms with Gasteiger partial charge in [0.05, 0.1) is 6.21 Å². The number of nitrogens with one attached hydrogen (secondary N) is 2. The Balaban J connectivity index is 2.55. The van der Waals surface area contributed by atoms with Crippen molar-refractivity contribution >= 4 is 45.6 Å². The normalized spacial score (nSPS) is 11.5. The van der Waals surface area contributed by atoms with Crippen LogP contribution in [0.15, 0.2) is 39.9 Å². The van der Waals surface area contributed by atoms with Crippen LogP contribution in [0.25, 0.3) is 6.08 Å². The fourth-order valence-electron chi connectivity index (χ4n) is 0.954. The molecule has 0 saturated heterocycles. The third-order valence-corrected chi connectivity index (χ3v) is 2.41. The first kappa shape index (κ1) is 12.9. The number of hydrazone groups is 1. The lowest BCUT2D eigenvalue weighted by molar-refractivity contribution is 0.983. The van der Waals surface area contributed by atoms with Crippen molar-refractivity contribution in [2.75, 3.05) is 7.05 Å². The van der Waals surface area contributed by atoms with Crippen LogP contribution < -0.4 is 10.7 Å². The quantitative estimate of drug-likeness (QED) is 0.511. The molecule has 0 spiro atoms. The number of halogens is 1. The summed E-state index contributed by atoms with van der Waals surface area (Å²) in [6.45, 7) is 0. The summed E-state index contributed by atoms with van der Waals surface area (Å²) >= 11 is 8.26. The monoisotopic (exact) mass is 297 g/mol. The van der Waals surface area contributed by atoms with E-state index in [0.29, 0.717) is 5.11 Å². The van der Waals surface area contributed by atoms with Gasteiger partial charge in [0, 0.05) is 11.5 Å². The van der Waals surface area contributed by atoms with Crippen molar-refractivity contribution in [1.82, 2.24) is 10.7 Å². The molecule has 0 radical (unpaired) electrons.